The Bertz CT molecular complexity index is 609. The Morgan fingerprint density at radius 2 is 2.22 bits per heavy atom. The molecule has 0 spiro atoms. The Kier molecular flexibility index (Phi) is 3.73. The fraction of sp³-hybridized carbons (Fsp3) is 0.167. The number of nitrogens with zero attached hydrogens (tertiary/aromatic N) is 2. The zero-order valence-corrected chi connectivity index (χ0v) is 12.2. The van der Waals surface area contributed by atoms with Gasteiger partial charge in [-0.3, -0.25) is 4.79 Å². The lowest BCUT2D eigenvalue weighted by molar-refractivity contribution is 0.101. The third-order valence-corrected chi connectivity index (χ3v) is 3.39. The third-order valence-electron chi connectivity index (χ3n) is 2.66. The number of hydrogen-bond acceptors (Lipinski definition) is 2. The molecule has 2 rings (SSSR count). The summed E-state index contributed by atoms with van der Waals surface area (Å²) in [5, 5.41) is 3.00. The van der Waals surface area contributed by atoms with Crippen molar-refractivity contribution < 1.29 is 4.79 Å². The molecule has 1 N–H and O–H groups in total. The van der Waals surface area contributed by atoms with Crippen LogP contribution in [0.25, 0.3) is 0 Å². The topological polar surface area (TPSA) is 46.9 Å². The maximum absolute atomic E-state index is 12.1. The Morgan fingerprint density at radius 3 is 2.83 bits per heavy atom. The van der Waals surface area contributed by atoms with Gasteiger partial charge in [0.05, 0.1) is 5.69 Å². The Hall–Kier alpha value is -1.33. The van der Waals surface area contributed by atoms with Crippen LogP contribution in [0.4, 0.5) is 5.69 Å². The highest BCUT2D eigenvalue weighted by atomic mass is 79.9. The van der Waals surface area contributed by atoms with E-state index in [1.165, 1.54) is 0 Å². The van der Waals surface area contributed by atoms with Crippen molar-refractivity contribution in [1.82, 2.24) is 9.55 Å². The number of anilines is 1. The van der Waals surface area contributed by atoms with Crippen molar-refractivity contribution in [1.29, 1.82) is 0 Å². The lowest BCUT2D eigenvalue weighted by Gasteiger charge is -2.08. The van der Waals surface area contributed by atoms with Crippen molar-refractivity contribution in [2.45, 2.75) is 6.92 Å². The summed E-state index contributed by atoms with van der Waals surface area (Å²) in [4.78, 5) is 16.0. The van der Waals surface area contributed by atoms with Gasteiger partial charge in [0.1, 0.15) is 5.69 Å². The fourth-order valence-electron chi connectivity index (χ4n) is 1.54. The molecule has 0 unspecified atom stereocenters. The molecule has 0 aliphatic rings. The van der Waals surface area contributed by atoms with Crippen LogP contribution in [-0.2, 0) is 7.05 Å². The van der Waals surface area contributed by atoms with E-state index in [0.29, 0.717) is 11.4 Å². The van der Waals surface area contributed by atoms with Gasteiger partial charge in [-0.25, -0.2) is 4.98 Å². The molecule has 0 aromatic carbocycles. The molecule has 6 heteroatoms. The Balaban J connectivity index is 2.27. The van der Waals surface area contributed by atoms with Crippen LogP contribution in [0.1, 0.15) is 16.2 Å². The summed E-state index contributed by atoms with van der Waals surface area (Å²) in [5.74, 6) is -0.215. The van der Waals surface area contributed by atoms with E-state index in [4.69, 9.17) is 11.6 Å². The number of hydrogen-bond donors (Lipinski definition) is 1. The summed E-state index contributed by atoms with van der Waals surface area (Å²) in [6.45, 7) is 1.93. The number of rotatable bonds is 2. The predicted molar refractivity (Wildman–Crippen MR) is 75.1 cm³/mol. The minimum Gasteiger partial charge on any atom is -0.344 e. The molecule has 4 nitrogen and oxygen atoms in total. The number of aromatic nitrogens is 2. The second-order valence-corrected chi connectivity index (χ2v) is 5.14. The van der Waals surface area contributed by atoms with Gasteiger partial charge >= 0.3 is 0 Å². The largest absolute Gasteiger partial charge is 0.344 e. The van der Waals surface area contributed by atoms with Crippen molar-refractivity contribution >= 4 is 39.1 Å². The maximum atomic E-state index is 12.1. The molecule has 2 aromatic heterocycles. The molecule has 0 saturated heterocycles. The molecule has 0 aliphatic heterocycles. The second kappa shape index (κ2) is 5.12. The summed E-state index contributed by atoms with van der Waals surface area (Å²) < 4.78 is 2.57. The summed E-state index contributed by atoms with van der Waals surface area (Å²) in [6, 6.07) is 5.36. The first-order chi connectivity index (χ1) is 8.49. The number of amides is 1. The molecular weight excluding hydrogens is 318 g/mol. The molecule has 0 fully saturated rings. The second-order valence-electron chi connectivity index (χ2n) is 3.87. The van der Waals surface area contributed by atoms with Crippen molar-refractivity contribution in [3.05, 3.63) is 45.4 Å². The highest BCUT2D eigenvalue weighted by molar-refractivity contribution is 9.10. The lowest BCUT2D eigenvalue weighted by Crippen LogP contribution is -2.16. The average Bonchev–Trinajstić information content (AvgIpc) is 2.65. The smallest absolute Gasteiger partial charge is 0.272 e. The van der Waals surface area contributed by atoms with E-state index in [9.17, 15) is 4.79 Å². The molecule has 2 heterocycles. The molecule has 0 aliphatic carbocycles. The average molecular weight is 329 g/mol. The number of halogens is 2. The Labute approximate surface area is 118 Å². The summed E-state index contributed by atoms with van der Waals surface area (Å²) in [7, 11) is 1.84. The zero-order valence-electron chi connectivity index (χ0n) is 9.87. The van der Waals surface area contributed by atoms with Crippen molar-refractivity contribution in [2.75, 3.05) is 5.32 Å². The van der Waals surface area contributed by atoms with E-state index in [0.717, 1.165) is 10.2 Å². The number of pyridine rings is 1. The minimum absolute atomic E-state index is 0.215. The monoisotopic (exact) mass is 327 g/mol. The molecule has 2 aromatic rings. The number of carbonyl (C=O) groups excluding carboxylic acids is 1. The molecule has 0 atom stereocenters. The highest BCUT2D eigenvalue weighted by Gasteiger charge is 2.13. The Morgan fingerprint density at radius 1 is 1.50 bits per heavy atom. The van der Waals surface area contributed by atoms with Gasteiger partial charge in [-0.05, 0) is 41.1 Å². The van der Waals surface area contributed by atoms with Crippen LogP contribution < -0.4 is 5.32 Å². The van der Waals surface area contributed by atoms with Gasteiger partial charge in [0.25, 0.3) is 5.91 Å². The molecule has 94 valence electrons. The zero-order chi connectivity index (χ0) is 13.3. The van der Waals surface area contributed by atoms with Gasteiger partial charge < -0.3 is 9.88 Å². The van der Waals surface area contributed by atoms with E-state index >= 15 is 0 Å². The number of aryl methyl sites for hydroxylation is 1. The van der Waals surface area contributed by atoms with E-state index in [1.54, 1.807) is 18.3 Å². The molecule has 0 bridgehead atoms. The van der Waals surface area contributed by atoms with Gasteiger partial charge in [-0.15, -0.1) is 0 Å². The summed E-state index contributed by atoms with van der Waals surface area (Å²) in [5.41, 5.74) is 2.07. The van der Waals surface area contributed by atoms with Gasteiger partial charge in [-0.1, -0.05) is 11.6 Å². The number of nitrogens with one attached hydrogen (secondary N) is 1. The van der Waals surface area contributed by atoms with Gasteiger partial charge in [0, 0.05) is 23.4 Å². The van der Waals surface area contributed by atoms with Crippen LogP contribution in [0.15, 0.2) is 28.9 Å². The summed E-state index contributed by atoms with van der Waals surface area (Å²) >= 11 is 9.20. The molecule has 18 heavy (non-hydrogen) atoms. The van der Waals surface area contributed by atoms with Crippen LogP contribution in [-0.4, -0.2) is 15.5 Å². The fourth-order valence-corrected chi connectivity index (χ4v) is 2.02. The predicted octanol–water partition coefficient (Wildman–Crippen LogP) is 3.40. The molecule has 0 radical (unpaired) electrons. The first kappa shape index (κ1) is 13.1. The van der Waals surface area contributed by atoms with Crippen LogP contribution in [0.3, 0.4) is 0 Å². The first-order valence-electron chi connectivity index (χ1n) is 5.24. The van der Waals surface area contributed by atoms with Crippen LogP contribution >= 0.6 is 27.5 Å². The van der Waals surface area contributed by atoms with Gasteiger partial charge in [-0.2, -0.15) is 0 Å². The molecule has 1 amide bonds. The van der Waals surface area contributed by atoms with E-state index in [-0.39, 0.29) is 11.1 Å². The normalized spacial score (nSPS) is 10.4. The van der Waals surface area contributed by atoms with Gasteiger partial charge in [0.2, 0.25) is 0 Å². The van der Waals surface area contributed by atoms with Crippen LogP contribution in [0.2, 0.25) is 5.15 Å². The maximum Gasteiger partial charge on any atom is 0.272 e. The van der Waals surface area contributed by atoms with Crippen LogP contribution in [0.5, 0.6) is 0 Å². The number of carbonyl (C=O) groups is 1. The lowest BCUT2D eigenvalue weighted by atomic mass is 10.3. The minimum atomic E-state index is -0.215. The van der Waals surface area contributed by atoms with E-state index in [1.807, 2.05) is 24.6 Å². The van der Waals surface area contributed by atoms with Crippen molar-refractivity contribution in [2.24, 2.45) is 7.05 Å². The van der Waals surface area contributed by atoms with Gasteiger partial charge in [0.15, 0.2) is 5.15 Å². The summed E-state index contributed by atoms with van der Waals surface area (Å²) in [6.07, 6.45) is 1.57. The third kappa shape index (κ3) is 2.57. The van der Waals surface area contributed by atoms with E-state index < -0.39 is 0 Å². The van der Waals surface area contributed by atoms with Crippen LogP contribution in [0, 0.1) is 6.92 Å². The molecule has 0 saturated carbocycles. The highest BCUT2D eigenvalue weighted by Crippen LogP contribution is 2.23. The first-order valence-corrected chi connectivity index (χ1v) is 6.41. The standard InChI is InChI=1S/C12H11BrClN3O/c1-7-3-4-10(17(7)2)12(18)16-9-5-8(13)6-15-11(9)14/h3-6H,1-2H3,(H,16,18). The quantitative estimate of drug-likeness (QED) is 0.859. The van der Waals surface area contributed by atoms with E-state index in [2.05, 4.69) is 26.2 Å². The van der Waals surface area contributed by atoms with Crippen molar-refractivity contribution in [3.63, 3.8) is 0 Å². The molecular formula is C12H11BrClN3O. The van der Waals surface area contributed by atoms with Crippen molar-refractivity contribution in [3.8, 4) is 0 Å². The SMILES string of the molecule is Cc1ccc(C(=O)Nc2cc(Br)cnc2Cl)n1C.